The lowest BCUT2D eigenvalue weighted by molar-refractivity contribution is 0.237. The predicted octanol–water partition coefficient (Wildman–Crippen LogP) is 2.25. The standard InChI is InChI=1S/C14H18N4O2/c1-9-12(11(3)20-18-9)8-16-14(19)17-10(2)13-6-4-5-7-15-13/h4-7,10H,8H2,1-3H3,(H2,16,17,19). The Labute approximate surface area is 117 Å². The number of rotatable bonds is 4. The third-order valence-corrected chi connectivity index (χ3v) is 3.09. The second kappa shape index (κ2) is 6.18. The van der Waals surface area contributed by atoms with E-state index in [2.05, 4.69) is 20.8 Å². The van der Waals surface area contributed by atoms with Gasteiger partial charge in [-0.05, 0) is 32.9 Å². The van der Waals surface area contributed by atoms with Gasteiger partial charge in [0.1, 0.15) is 5.76 Å². The van der Waals surface area contributed by atoms with Crippen LogP contribution in [0.1, 0.15) is 35.7 Å². The number of nitrogens with one attached hydrogen (secondary N) is 2. The van der Waals surface area contributed by atoms with Crippen LogP contribution in [0.15, 0.2) is 28.9 Å². The highest BCUT2D eigenvalue weighted by atomic mass is 16.5. The molecule has 2 rings (SSSR count). The molecule has 0 aliphatic rings. The van der Waals surface area contributed by atoms with Gasteiger partial charge in [-0.25, -0.2) is 4.79 Å². The number of aromatic nitrogens is 2. The van der Waals surface area contributed by atoms with Gasteiger partial charge in [0.25, 0.3) is 0 Å². The molecule has 2 aromatic heterocycles. The highest BCUT2D eigenvalue weighted by Crippen LogP contribution is 2.11. The smallest absolute Gasteiger partial charge is 0.315 e. The Morgan fingerprint density at radius 3 is 2.80 bits per heavy atom. The van der Waals surface area contributed by atoms with E-state index in [1.54, 1.807) is 6.20 Å². The molecule has 20 heavy (non-hydrogen) atoms. The highest BCUT2D eigenvalue weighted by Gasteiger charge is 2.12. The number of hydrogen-bond acceptors (Lipinski definition) is 4. The summed E-state index contributed by atoms with van der Waals surface area (Å²) in [6.07, 6.45) is 1.70. The minimum atomic E-state index is -0.247. The monoisotopic (exact) mass is 274 g/mol. The molecule has 2 N–H and O–H groups in total. The maximum absolute atomic E-state index is 11.8. The van der Waals surface area contributed by atoms with Gasteiger partial charge in [0.15, 0.2) is 0 Å². The van der Waals surface area contributed by atoms with E-state index >= 15 is 0 Å². The highest BCUT2D eigenvalue weighted by molar-refractivity contribution is 5.74. The van der Waals surface area contributed by atoms with Crippen LogP contribution in [-0.4, -0.2) is 16.2 Å². The lowest BCUT2D eigenvalue weighted by atomic mass is 10.2. The first kappa shape index (κ1) is 14.0. The number of carbonyl (C=O) groups is 1. The molecule has 6 nitrogen and oxygen atoms in total. The largest absolute Gasteiger partial charge is 0.361 e. The molecular formula is C14H18N4O2. The van der Waals surface area contributed by atoms with Gasteiger partial charge in [-0.2, -0.15) is 0 Å². The van der Waals surface area contributed by atoms with Gasteiger partial charge >= 0.3 is 6.03 Å². The first-order valence-corrected chi connectivity index (χ1v) is 6.45. The van der Waals surface area contributed by atoms with Gasteiger partial charge in [-0.1, -0.05) is 11.2 Å². The van der Waals surface area contributed by atoms with Crippen molar-refractivity contribution >= 4 is 6.03 Å². The van der Waals surface area contributed by atoms with Gasteiger partial charge < -0.3 is 15.2 Å². The Bertz CT molecular complexity index is 561. The van der Waals surface area contributed by atoms with E-state index in [1.807, 2.05) is 39.0 Å². The Morgan fingerprint density at radius 1 is 1.40 bits per heavy atom. The summed E-state index contributed by atoms with van der Waals surface area (Å²) >= 11 is 0. The number of nitrogens with zero attached hydrogens (tertiary/aromatic N) is 2. The number of amides is 2. The van der Waals surface area contributed by atoms with Crippen LogP contribution in [0.4, 0.5) is 4.79 Å². The zero-order valence-corrected chi connectivity index (χ0v) is 11.8. The maximum Gasteiger partial charge on any atom is 0.315 e. The van der Waals surface area contributed by atoms with Gasteiger partial charge in [-0.3, -0.25) is 4.98 Å². The summed E-state index contributed by atoms with van der Waals surface area (Å²) in [6.45, 7) is 5.95. The van der Waals surface area contributed by atoms with E-state index in [0.29, 0.717) is 6.54 Å². The summed E-state index contributed by atoms with van der Waals surface area (Å²) in [5, 5.41) is 9.47. The minimum absolute atomic E-state index is 0.152. The Morgan fingerprint density at radius 2 is 2.20 bits per heavy atom. The molecule has 2 aromatic rings. The third-order valence-electron chi connectivity index (χ3n) is 3.09. The molecule has 2 amide bonds. The van der Waals surface area contributed by atoms with E-state index in [-0.39, 0.29) is 12.1 Å². The number of aryl methyl sites for hydroxylation is 2. The van der Waals surface area contributed by atoms with Crippen molar-refractivity contribution in [1.29, 1.82) is 0 Å². The third kappa shape index (κ3) is 3.34. The Balaban J connectivity index is 1.87. The lowest BCUT2D eigenvalue weighted by Gasteiger charge is -2.14. The maximum atomic E-state index is 11.8. The topological polar surface area (TPSA) is 80.0 Å². The van der Waals surface area contributed by atoms with Crippen LogP contribution in [0.5, 0.6) is 0 Å². The molecule has 6 heteroatoms. The zero-order chi connectivity index (χ0) is 14.5. The fraction of sp³-hybridized carbons (Fsp3) is 0.357. The van der Waals surface area contributed by atoms with Gasteiger partial charge in [0.05, 0.1) is 17.4 Å². The average molecular weight is 274 g/mol. The average Bonchev–Trinajstić information content (AvgIpc) is 2.77. The van der Waals surface area contributed by atoms with Crippen LogP contribution < -0.4 is 10.6 Å². The van der Waals surface area contributed by atoms with Crippen molar-refractivity contribution in [3.05, 3.63) is 47.1 Å². The summed E-state index contributed by atoms with van der Waals surface area (Å²) in [4.78, 5) is 16.0. The minimum Gasteiger partial charge on any atom is -0.361 e. The van der Waals surface area contributed by atoms with Crippen molar-refractivity contribution in [1.82, 2.24) is 20.8 Å². The molecule has 0 radical (unpaired) electrons. The summed E-state index contributed by atoms with van der Waals surface area (Å²) in [5.74, 6) is 0.723. The summed E-state index contributed by atoms with van der Waals surface area (Å²) in [7, 11) is 0. The van der Waals surface area contributed by atoms with Gasteiger partial charge in [0, 0.05) is 18.3 Å². The second-order valence-electron chi connectivity index (χ2n) is 4.61. The molecule has 0 aliphatic carbocycles. The summed E-state index contributed by atoms with van der Waals surface area (Å²) in [5.41, 5.74) is 2.52. The molecule has 1 atom stereocenters. The molecule has 2 heterocycles. The Kier molecular flexibility index (Phi) is 4.34. The number of hydrogen-bond donors (Lipinski definition) is 2. The van der Waals surface area contributed by atoms with Crippen LogP contribution in [-0.2, 0) is 6.54 Å². The van der Waals surface area contributed by atoms with Crippen LogP contribution in [0, 0.1) is 13.8 Å². The lowest BCUT2D eigenvalue weighted by Crippen LogP contribution is -2.37. The number of carbonyl (C=O) groups excluding carboxylic acids is 1. The molecule has 0 bridgehead atoms. The molecule has 0 aliphatic heterocycles. The van der Waals surface area contributed by atoms with Crippen molar-refractivity contribution in [3.8, 4) is 0 Å². The van der Waals surface area contributed by atoms with E-state index < -0.39 is 0 Å². The molecule has 0 spiro atoms. The molecule has 0 saturated carbocycles. The van der Waals surface area contributed by atoms with Crippen LogP contribution in [0.25, 0.3) is 0 Å². The summed E-state index contributed by atoms with van der Waals surface area (Å²) in [6, 6.07) is 5.21. The number of pyridine rings is 1. The van der Waals surface area contributed by atoms with Crippen molar-refractivity contribution in [3.63, 3.8) is 0 Å². The fourth-order valence-corrected chi connectivity index (χ4v) is 1.88. The molecule has 106 valence electrons. The van der Waals surface area contributed by atoms with E-state index in [0.717, 1.165) is 22.7 Å². The molecule has 1 unspecified atom stereocenters. The van der Waals surface area contributed by atoms with E-state index in [4.69, 9.17) is 4.52 Å². The van der Waals surface area contributed by atoms with Crippen molar-refractivity contribution in [2.24, 2.45) is 0 Å². The van der Waals surface area contributed by atoms with E-state index in [1.165, 1.54) is 0 Å². The van der Waals surface area contributed by atoms with Gasteiger partial charge in [0.2, 0.25) is 0 Å². The van der Waals surface area contributed by atoms with Crippen molar-refractivity contribution in [2.75, 3.05) is 0 Å². The SMILES string of the molecule is Cc1noc(C)c1CNC(=O)NC(C)c1ccccn1. The zero-order valence-electron chi connectivity index (χ0n) is 11.8. The predicted molar refractivity (Wildman–Crippen MR) is 74.0 cm³/mol. The van der Waals surface area contributed by atoms with Crippen LogP contribution >= 0.6 is 0 Å². The normalized spacial score (nSPS) is 11.9. The first-order chi connectivity index (χ1) is 9.58. The van der Waals surface area contributed by atoms with Gasteiger partial charge in [-0.15, -0.1) is 0 Å². The molecule has 0 fully saturated rings. The molecule has 0 aromatic carbocycles. The Hall–Kier alpha value is -2.37. The van der Waals surface area contributed by atoms with E-state index in [9.17, 15) is 4.79 Å². The quantitative estimate of drug-likeness (QED) is 0.896. The van der Waals surface area contributed by atoms with Crippen LogP contribution in [0.2, 0.25) is 0 Å². The van der Waals surface area contributed by atoms with Crippen LogP contribution in [0.3, 0.4) is 0 Å². The van der Waals surface area contributed by atoms with Crippen molar-refractivity contribution < 1.29 is 9.32 Å². The molecule has 0 saturated heterocycles. The van der Waals surface area contributed by atoms with Crippen molar-refractivity contribution in [2.45, 2.75) is 33.4 Å². The second-order valence-corrected chi connectivity index (χ2v) is 4.61. The fourth-order valence-electron chi connectivity index (χ4n) is 1.88. The first-order valence-electron chi connectivity index (χ1n) is 6.45. The number of urea groups is 1. The molecular weight excluding hydrogens is 256 g/mol. The summed E-state index contributed by atoms with van der Waals surface area (Å²) < 4.78 is 5.05.